The van der Waals surface area contributed by atoms with Crippen LogP contribution in [0.4, 0.5) is 16.4 Å². The Morgan fingerprint density at radius 1 is 1.32 bits per heavy atom. The molecule has 0 atom stereocenters. The number of nitrogens with zero attached hydrogens (tertiary/aromatic N) is 6. The number of piperazine rings is 1. The van der Waals surface area contributed by atoms with Gasteiger partial charge < -0.3 is 19.7 Å². The Morgan fingerprint density at radius 3 is 2.52 bits per heavy atom. The van der Waals surface area contributed by atoms with Crippen LogP contribution in [-0.4, -0.2) is 56.9 Å². The van der Waals surface area contributed by atoms with Gasteiger partial charge in [0.05, 0.1) is 17.1 Å². The number of amides is 2. The quantitative estimate of drug-likeness (QED) is 0.844. The van der Waals surface area contributed by atoms with Gasteiger partial charge in [-0.1, -0.05) is 11.6 Å². The topological polar surface area (TPSA) is 106 Å². The zero-order valence-corrected chi connectivity index (χ0v) is 15.1. The number of nitriles is 1. The fourth-order valence-electron chi connectivity index (χ4n) is 2.89. The summed E-state index contributed by atoms with van der Waals surface area (Å²) >= 11 is 5.99. The van der Waals surface area contributed by atoms with Crippen molar-refractivity contribution in [1.29, 1.82) is 5.26 Å². The summed E-state index contributed by atoms with van der Waals surface area (Å²) in [5.41, 5.74) is 2.65. The molecule has 1 saturated heterocycles. The molecule has 0 bridgehead atoms. The summed E-state index contributed by atoms with van der Waals surface area (Å²) in [5.74, 6) is 0.642. The lowest BCUT2D eigenvalue weighted by molar-refractivity contribution is 0.208. The average Bonchev–Trinajstić information content (AvgIpc) is 3.07. The van der Waals surface area contributed by atoms with Crippen LogP contribution in [0.15, 0.2) is 0 Å². The van der Waals surface area contributed by atoms with Crippen molar-refractivity contribution in [2.45, 2.75) is 13.8 Å². The lowest BCUT2D eigenvalue weighted by Crippen LogP contribution is -2.50. The van der Waals surface area contributed by atoms with E-state index in [-0.39, 0.29) is 11.2 Å². The fourth-order valence-corrected chi connectivity index (χ4v) is 3.13. The summed E-state index contributed by atoms with van der Waals surface area (Å²) in [4.78, 5) is 20.5. The van der Waals surface area contributed by atoms with Crippen LogP contribution in [0.3, 0.4) is 0 Å². The molecule has 9 nitrogen and oxygen atoms in total. The number of hydrogen-bond donors (Lipinski definition) is 2. The second kappa shape index (κ2) is 6.64. The Bertz CT molecular complexity index is 821. The van der Waals surface area contributed by atoms with Gasteiger partial charge in [0, 0.05) is 33.2 Å². The summed E-state index contributed by atoms with van der Waals surface area (Å²) in [6, 6.07) is 1.89. The molecule has 0 unspecified atom stereocenters. The molecule has 1 fully saturated rings. The van der Waals surface area contributed by atoms with Crippen molar-refractivity contribution in [1.82, 2.24) is 24.6 Å². The summed E-state index contributed by atoms with van der Waals surface area (Å²) < 4.78 is 1.68. The van der Waals surface area contributed by atoms with Gasteiger partial charge in [0.25, 0.3) is 0 Å². The predicted octanol–water partition coefficient (Wildman–Crippen LogP) is 1.64. The summed E-state index contributed by atoms with van der Waals surface area (Å²) in [7, 11) is 1.76. The van der Waals surface area contributed by atoms with Crippen molar-refractivity contribution >= 4 is 29.3 Å². The van der Waals surface area contributed by atoms with Crippen LogP contribution in [0.1, 0.15) is 17.1 Å². The molecule has 3 rings (SSSR count). The van der Waals surface area contributed by atoms with Crippen LogP contribution in [0, 0.1) is 25.2 Å². The van der Waals surface area contributed by atoms with Gasteiger partial charge in [0.15, 0.2) is 10.8 Å². The Hall–Kier alpha value is -2.73. The van der Waals surface area contributed by atoms with Crippen molar-refractivity contribution in [2.24, 2.45) is 7.05 Å². The van der Waals surface area contributed by atoms with Crippen LogP contribution in [0.25, 0.3) is 0 Å². The maximum Gasteiger partial charge on any atom is 0.322 e. The first-order valence-electron chi connectivity index (χ1n) is 7.87. The van der Waals surface area contributed by atoms with E-state index in [0.717, 1.165) is 17.1 Å². The minimum atomic E-state index is -0.150. The van der Waals surface area contributed by atoms with Gasteiger partial charge >= 0.3 is 6.03 Å². The third kappa shape index (κ3) is 3.13. The van der Waals surface area contributed by atoms with Crippen molar-refractivity contribution in [2.75, 3.05) is 36.4 Å². The molecule has 3 heterocycles. The van der Waals surface area contributed by atoms with Gasteiger partial charge in [0.1, 0.15) is 6.07 Å². The van der Waals surface area contributed by atoms with E-state index in [1.165, 1.54) is 0 Å². The van der Waals surface area contributed by atoms with Crippen LogP contribution in [-0.2, 0) is 7.05 Å². The molecule has 10 heteroatoms. The zero-order chi connectivity index (χ0) is 18.1. The van der Waals surface area contributed by atoms with Crippen LogP contribution < -0.4 is 10.2 Å². The number of nitrogens with one attached hydrogen (secondary N) is 2. The van der Waals surface area contributed by atoms with Gasteiger partial charge in [-0.25, -0.2) is 4.79 Å². The summed E-state index contributed by atoms with van der Waals surface area (Å²) in [6.45, 7) is 6.04. The van der Waals surface area contributed by atoms with Gasteiger partial charge in [0.2, 0.25) is 5.95 Å². The number of halogens is 1. The highest BCUT2D eigenvalue weighted by Crippen LogP contribution is 2.23. The number of anilines is 2. The highest BCUT2D eigenvalue weighted by molar-refractivity contribution is 6.30. The maximum absolute atomic E-state index is 12.5. The molecule has 0 saturated carbocycles. The number of imidazole rings is 1. The highest BCUT2D eigenvalue weighted by atomic mass is 35.5. The van der Waals surface area contributed by atoms with E-state index in [4.69, 9.17) is 16.9 Å². The van der Waals surface area contributed by atoms with E-state index in [2.05, 4.69) is 20.5 Å². The molecule has 2 aromatic rings. The summed E-state index contributed by atoms with van der Waals surface area (Å²) in [5, 5.41) is 19.1. The minimum absolute atomic E-state index is 0.150. The average molecular weight is 363 g/mol. The molecular formula is C15H19ClN8O. The summed E-state index contributed by atoms with van der Waals surface area (Å²) in [6.07, 6.45) is 0. The monoisotopic (exact) mass is 362 g/mol. The first-order chi connectivity index (χ1) is 11.9. The van der Waals surface area contributed by atoms with E-state index >= 15 is 0 Å². The van der Waals surface area contributed by atoms with Crippen molar-refractivity contribution in [3.63, 3.8) is 0 Å². The zero-order valence-electron chi connectivity index (χ0n) is 14.3. The maximum atomic E-state index is 12.5. The minimum Gasteiger partial charge on any atom is -0.339 e. The van der Waals surface area contributed by atoms with E-state index in [0.29, 0.717) is 37.8 Å². The van der Waals surface area contributed by atoms with Crippen LogP contribution in [0.5, 0.6) is 0 Å². The number of carbonyl (C=O) groups is 1. The third-order valence-corrected chi connectivity index (χ3v) is 4.61. The molecule has 2 aromatic heterocycles. The Kier molecular flexibility index (Phi) is 4.55. The number of hydrogen-bond acceptors (Lipinski definition) is 5. The molecule has 0 aromatic carbocycles. The van der Waals surface area contributed by atoms with Crippen molar-refractivity contribution in [3.8, 4) is 6.07 Å². The molecule has 0 spiro atoms. The second-order valence-electron chi connectivity index (χ2n) is 5.94. The van der Waals surface area contributed by atoms with E-state index in [1.807, 2.05) is 24.8 Å². The lowest BCUT2D eigenvalue weighted by atomic mass is 10.3. The highest BCUT2D eigenvalue weighted by Gasteiger charge is 2.26. The van der Waals surface area contributed by atoms with Crippen molar-refractivity contribution in [3.05, 3.63) is 22.2 Å². The molecule has 132 valence electrons. The number of urea groups is 1. The lowest BCUT2D eigenvalue weighted by Gasteiger charge is -2.35. The van der Waals surface area contributed by atoms with Gasteiger partial charge in [-0.05, 0) is 13.8 Å². The number of H-pyrrole nitrogens is 1. The van der Waals surface area contributed by atoms with Crippen molar-refractivity contribution < 1.29 is 4.79 Å². The smallest absolute Gasteiger partial charge is 0.322 e. The Balaban J connectivity index is 1.64. The first-order valence-corrected chi connectivity index (χ1v) is 8.25. The molecule has 2 N–H and O–H groups in total. The van der Waals surface area contributed by atoms with E-state index in [1.54, 1.807) is 16.5 Å². The number of carbonyl (C=O) groups excluding carboxylic acids is 1. The second-order valence-corrected chi connectivity index (χ2v) is 6.29. The number of aromatic amines is 1. The van der Waals surface area contributed by atoms with Crippen LogP contribution >= 0.6 is 11.6 Å². The fraction of sp³-hybridized carbons (Fsp3) is 0.467. The van der Waals surface area contributed by atoms with Gasteiger partial charge in [-0.2, -0.15) is 15.3 Å². The molecule has 2 amide bonds. The van der Waals surface area contributed by atoms with Gasteiger partial charge in [-0.15, -0.1) is 0 Å². The Morgan fingerprint density at radius 2 is 2.00 bits per heavy atom. The SMILES string of the molecule is Cc1n[nH]c(C)c1NC(=O)N1CCN(c2nc(Cl)c(C#N)n2C)CC1. The first kappa shape index (κ1) is 17.1. The Labute approximate surface area is 150 Å². The molecular weight excluding hydrogens is 344 g/mol. The predicted molar refractivity (Wildman–Crippen MR) is 93.8 cm³/mol. The normalized spacial score (nSPS) is 14.5. The number of rotatable bonds is 2. The molecule has 1 aliphatic rings. The van der Waals surface area contributed by atoms with E-state index < -0.39 is 0 Å². The molecule has 0 aliphatic carbocycles. The van der Waals surface area contributed by atoms with Crippen LogP contribution in [0.2, 0.25) is 5.15 Å². The number of aromatic nitrogens is 4. The molecule has 25 heavy (non-hydrogen) atoms. The molecule has 1 aliphatic heterocycles. The van der Waals surface area contributed by atoms with Gasteiger partial charge in [-0.3, -0.25) is 5.10 Å². The third-order valence-electron chi connectivity index (χ3n) is 4.34. The largest absolute Gasteiger partial charge is 0.339 e. The number of aryl methyl sites for hydroxylation is 2. The molecule has 0 radical (unpaired) electrons. The standard InChI is InChI=1S/C15H19ClN8O/c1-9-12(10(2)21-20-9)18-15(25)24-6-4-23(5-7-24)14-19-13(16)11(8-17)22(14)3/h4-7H2,1-3H3,(H,18,25)(H,20,21). The van der Waals surface area contributed by atoms with E-state index in [9.17, 15) is 4.79 Å².